The minimum absolute atomic E-state index is 0.0417. The molecule has 0 atom stereocenters. The highest BCUT2D eigenvalue weighted by molar-refractivity contribution is 7.87. The summed E-state index contributed by atoms with van der Waals surface area (Å²) < 4.78 is 86.8. The standard InChI is InChI=1S/C9H13F3O6S2/c1-2-6-17-19(13,14)8-5-3-4-7-18-20(15,16)9(10,11)12/h1H,3-8H2. The molecule has 118 valence electrons. The van der Waals surface area contributed by atoms with Crippen LogP contribution in [0.4, 0.5) is 13.2 Å². The fourth-order valence-electron chi connectivity index (χ4n) is 0.976. The fourth-order valence-corrected chi connectivity index (χ4v) is 2.37. The molecule has 0 aromatic heterocycles. The number of terminal acetylenes is 1. The van der Waals surface area contributed by atoms with Gasteiger partial charge in [-0.05, 0) is 12.8 Å². The van der Waals surface area contributed by atoms with E-state index in [1.165, 1.54) is 0 Å². The van der Waals surface area contributed by atoms with Gasteiger partial charge in [0.2, 0.25) is 0 Å². The Kier molecular flexibility index (Phi) is 7.50. The van der Waals surface area contributed by atoms with E-state index in [9.17, 15) is 30.0 Å². The van der Waals surface area contributed by atoms with E-state index in [4.69, 9.17) is 6.42 Å². The van der Waals surface area contributed by atoms with Gasteiger partial charge in [0.05, 0.1) is 12.4 Å². The van der Waals surface area contributed by atoms with E-state index in [0.29, 0.717) is 0 Å². The molecule has 0 aromatic carbocycles. The maximum Gasteiger partial charge on any atom is 0.523 e. The number of alkyl halides is 3. The second-order valence-corrected chi connectivity index (χ2v) is 6.88. The van der Waals surface area contributed by atoms with Gasteiger partial charge < -0.3 is 0 Å². The van der Waals surface area contributed by atoms with E-state index >= 15 is 0 Å². The topological polar surface area (TPSA) is 86.7 Å². The zero-order chi connectivity index (χ0) is 15.9. The molecule has 0 fully saturated rings. The van der Waals surface area contributed by atoms with Gasteiger partial charge in [0.1, 0.15) is 6.61 Å². The van der Waals surface area contributed by atoms with Crippen molar-refractivity contribution in [3.63, 3.8) is 0 Å². The lowest BCUT2D eigenvalue weighted by atomic mass is 10.3. The maximum absolute atomic E-state index is 11.9. The summed E-state index contributed by atoms with van der Waals surface area (Å²) >= 11 is 0. The van der Waals surface area contributed by atoms with Crippen LogP contribution in [-0.2, 0) is 28.6 Å². The first-order chi connectivity index (χ1) is 9.02. The molecule has 20 heavy (non-hydrogen) atoms. The molecule has 0 unspecified atom stereocenters. The van der Waals surface area contributed by atoms with E-state index in [-0.39, 0.29) is 25.0 Å². The van der Waals surface area contributed by atoms with Gasteiger partial charge in [0, 0.05) is 0 Å². The lowest BCUT2D eigenvalue weighted by Gasteiger charge is -2.08. The quantitative estimate of drug-likeness (QED) is 0.270. The second-order valence-electron chi connectivity index (χ2n) is 3.51. The van der Waals surface area contributed by atoms with Gasteiger partial charge in [-0.2, -0.15) is 30.0 Å². The number of unbranched alkanes of at least 4 members (excludes halogenated alkanes) is 2. The SMILES string of the molecule is C#CCOS(=O)(=O)CCCCCOS(=O)(=O)C(F)(F)F. The number of rotatable bonds is 9. The molecule has 6 nitrogen and oxygen atoms in total. The Labute approximate surface area is 115 Å². The summed E-state index contributed by atoms with van der Waals surface area (Å²) in [5, 5.41) is 0. The van der Waals surface area contributed by atoms with Crippen LogP contribution >= 0.6 is 0 Å². The maximum atomic E-state index is 11.9. The number of hydrogen-bond acceptors (Lipinski definition) is 6. The molecule has 0 rings (SSSR count). The van der Waals surface area contributed by atoms with Gasteiger partial charge in [0.15, 0.2) is 0 Å². The molecular formula is C9H13F3O6S2. The van der Waals surface area contributed by atoms with Crippen molar-refractivity contribution < 1.29 is 38.4 Å². The van der Waals surface area contributed by atoms with Crippen LogP contribution in [0.5, 0.6) is 0 Å². The molecule has 0 amide bonds. The van der Waals surface area contributed by atoms with Gasteiger partial charge in [-0.1, -0.05) is 12.3 Å². The lowest BCUT2D eigenvalue weighted by molar-refractivity contribution is -0.0542. The van der Waals surface area contributed by atoms with Crippen LogP contribution in [0.25, 0.3) is 0 Å². The molecule has 0 heterocycles. The zero-order valence-electron chi connectivity index (χ0n) is 10.2. The van der Waals surface area contributed by atoms with Crippen LogP contribution < -0.4 is 0 Å². The number of halogens is 3. The Balaban J connectivity index is 3.88. The highest BCUT2D eigenvalue weighted by Gasteiger charge is 2.47. The Morgan fingerprint density at radius 1 is 1.00 bits per heavy atom. The van der Waals surface area contributed by atoms with Crippen LogP contribution in [0.1, 0.15) is 19.3 Å². The highest BCUT2D eigenvalue weighted by atomic mass is 32.2. The molecule has 0 aliphatic heterocycles. The van der Waals surface area contributed by atoms with Gasteiger partial charge in [0.25, 0.3) is 10.1 Å². The van der Waals surface area contributed by atoms with Crippen molar-refractivity contribution in [2.75, 3.05) is 19.0 Å². The third kappa shape index (κ3) is 7.68. The van der Waals surface area contributed by atoms with Crippen molar-refractivity contribution in [3.05, 3.63) is 0 Å². The first-order valence-electron chi connectivity index (χ1n) is 5.28. The van der Waals surface area contributed by atoms with Crippen molar-refractivity contribution in [2.24, 2.45) is 0 Å². The van der Waals surface area contributed by atoms with Gasteiger partial charge in [-0.25, -0.2) is 0 Å². The molecule has 0 spiro atoms. The average Bonchev–Trinajstić information content (AvgIpc) is 2.29. The highest BCUT2D eigenvalue weighted by Crippen LogP contribution is 2.24. The predicted molar refractivity (Wildman–Crippen MR) is 63.3 cm³/mol. The summed E-state index contributed by atoms with van der Waals surface area (Å²) in [4.78, 5) is 0. The van der Waals surface area contributed by atoms with Crippen LogP contribution in [0.15, 0.2) is 0 Å². The minimum Gasteiger partial charge on any atom is -0.263 e. The summed E-state index contributed by atoms with van der Waals surface area (Å²) in [6.45, 7) is -1.07. The smallest absolute Gasteiger partial charge is 0.263 e. The van der Waals surface area contributed by atoms with Crippen molar-refractivity contribution in [1.82, 2.24) is 0 Å². The Bertz CT molecular complexity index is 529. The molecule has 0 saturated heterocycles. The summed E-state index contributed by atoms with van der Waals surface area (Å²) in [6.07, 6.45) is 5.00. The van der Waals surface area contributed by atoms with Crippen LogP contribution in [0.2, 0.25) is 0 Å². The minimum atomic E-state index is -5.59. The van der Waals surface area contributed by atoms with Crippen molar-refractivity contribution in [3.8, 4) is 12.3 Å². The molecule has 0 aromatic rings. The van der Waals surface area contributed by atoms with Crippen molar-refractivity contribution in [1.29, 1.82) is 0 Å². The second kappa shape index (κ2) is 7.82. The molecule has 0 radical (unpaired) electrons. The molecule has 11 heteroatoms. The molecule has 0 bridgehead atoms. The lowest BCUT2D eigenvalue weighted by Crippen LogP contribution is -2.25. The third-order valence-electron chi connectivity index (χ3n) is 1.88. The van der Waals surface area contributed by atoms with Gasteiger partial charge in [-0.3, -0.25) is 8.37 Å². The summed E-state index contributed by atoms with van der Waals surface area (Å²) in [6, 6.07) is 0. The van der Waals surface area contributed by atoms with E-state index in [0.717, 1.165) is 0 Å². The van der Waals surface area contributed by atoms with Crippen molar-refractivity contribution in [2.45, 2.75) is 24.8 Å². The van der Waals surface area contributed by atoms with E-state index < -0.39 is 39.0 Å². The first-order valence-corrected chi connectivity index (χ1v) is 8.26. The third-order valence-corrected chi connectivity index (χ3v) is 4.19. The summed E-state index contributed by atoms with van der Waals surface area (Å²) in [7, 11) is -9.35. The Morgan fingerprint density at radius 2 is 1.60 bits per heavy atom. The first kappa shape index (κ1) is 19.2. The average molecular weight is 338 g/mol. The van der Waals surface area contributed by atoms with Gasteiger partial charge in [-0.15, -0.1) is 6.42 Å². The fraction of sp³-hybridized carbons (Fsp3) is 0.778. The molecule has 0 aliphatic carbocycles. The molecule has 0 N–H and O–H groups in total. The molecule has 0 saturated carbocycles. The predicted octanol–water partition coefficient (Wildman–Crippen LogP) is 1.00. The van der Waals surface area contributed by atoms with Crippen LogP contribution in [0, 0.1) is 12.3 Å². The van der Waals surface area contributed by atoms with E-state index in [2.05, 4.69) is 8.37 Å². The van der Waals surface area contributed by atoms with Crippen molar-refractivity contribution >= 4 is 20.2 Å². The zero-order valence-corrected chi connectivity index (χ0v) is 11.9. The summed E-state index contributed by atoms with van der Waals surface area (Å²) in [5.41, 5.74) is -5.46. The monoisotopic (exact) mass is 338 g/mol. The van der Waals surface area contributed by atoms with E-state index in [1.807, 2.05) is 5.92 Å². The van der Waals surface area contributed by atoms with Gasteiger partial charge >= 0.3 is 15.6 Å². The Morgan fingerprint density at radius 3 is 2.10 bits per heavy atom. The molecule has 0 aliphatic rings. The summed E-state index contributed by atoms with van der Waals surface area (Å²) in [5.74, 6) is 1.61. The Hall–Kier alpha value is -0.830. The van der Waals surface area contributed by atoms with Crippen LogP contribution in [-0.4, -0.2) is 41.3 Å². The number of hydrogen-bond donors (Lipinski definition) is 0. The largest absolute Gasteiger partial charge is 0.523 e. The van der Waals surface area contributed by atoms with E-state index in [1.54, 1.807) is 0 Å². The normalized spacial score (nSPS) is 13.1. The molecular weight excluding hydrogens is 325 g/mol. The van der Waals surface area contributed by atoms with Crippen LogP contribution in [0.3, 0.4) is 0 Å².